The zero-order chi connectivity index (χ0) is 4.50. The summed E-state index contributed by atoms with van der Waals surface area (Å²) in [6.45, 7) is 0. The van der Waals surface area contributed by atoms with Crippen LogP contribution in [0.15, 0.2) is 0 Å². The molecule has 0 amide bonds. The van der Waals surface area contributed by atoms with Crippen molar-refractivity contribution < 1.29 is 34.6 Å². The van der Waals surface area contributed by atoms with E-state index in [0.717, 1.165) is 0 Å². The van der Waals surface area contributed by atoms with Crippen LogP contribution in [-0.2, 0) is 27.5 Å². The molecule has 0 aromatic carbocycles. The molecule has 0 atom stereocenters. The maximum Gasteiger partial charge on any atom is 3.00 e. The zero-order valence-electron chi connectivity index (χ0n) is 2.79. The van der Waals surface area contributed by atoms with Crippen LogP contribution in [0.5, 0.6) is 0 Å². The van der Waals surface area contributed by atoms with Gasteiger partial charge in [0, 0.05) is 10.4 Å². The summed E-state index contributed by atoms with van der Waals surface area (Å²) >= 11 is 0. The van der Waals surface area contributed by atoms with Crippen molar-refractivity contribution in [3.05, 3.63) is 0 Å². The third-order valence-electron chi connectivity index (χ3n) is 0. The summed E-state index contributed by atoms with van der Waals surface area (Å²) in [5.41, 5.74) is 0. The molecule has 4 nitrogen and oxygen atoms in total. The molecule has 43 valence electrons. The smallest absolute Gasteiger partial charge is 0.759 e. The fourth-order valence-electron chi connectivity index (χ4n) is 0. The van der Waals surface area contributed by atoms with Crippen molar-refractivity contribution in [1.82, 2.24) is 0 Å². The Morgan fingerprint density at radius 2 is 1.14 bits per heavy atom. The average Bonchev–Trinajstić information content (AvgIpc) is 0.722. The van der Waals surface area contributed by atoms with Gasteiger partial charge < -0.3 is 9.11 Å². The molecule has 0 aliphatic heterocycles. The fraction of sp³-hybridized carbons (Fsp3) is 0. The van der Waals surface area contributed by atoms with Gasteiger partial charge in [0.25, 0.3) is 0 Å². The van der Waals surface area contributed by atoms with Crippen molar-refractivity contribution in [3.8, 4) is 0 Å². The van der Waals surface area contributed by atoms with E-state index in [1.165, 1.54) is 0 Å². The quantitative estimate of drug-likeness (QED) is 0.289. The van der Waals surface area contributed by atoms with Gasteiger partial charge in [-0.1, -0.05) is 0 Å². The second-order valence-corrected chi connectivity index (χ2v) is 1.22. The van der Waals surface area contributed by atoms with E-state index in [9.17, 15) is 0 Å². The second-order valence-electron chi connectivity index (χ2n) is 0.408. The molecule has 0 aromatic rings. The Morgan fingerprint density at radius 3 is 1.14 bits per heavy atom. The number of hydrogen-bond donors (Lipinski definition) is 0. The molecule has 0 spiro atoms. The summed E-state index contributed by atoms with van der Waals surface area (Å²) < 4.78 is 34.1. The topological polar surface area (TPSA) is 80.3 Å². The summed E-state index contributed by atoms with van der Waals surface area (Å²) in [4.78, 5) is 0. The van der Waals surface area contributed by atoms with Crippen LogP contribution in [-0.4, -0.2) is 43.7 Å². The van der Waals surface area contributed by atoms with Crippen LogP contribution < -0.4 is 0 Å². The largest absolute Gasteiger partial charge is 3.00 e. The average molecular weight is 369 g/mol. The summed E-state index contributed by atoms with van der Waals surface area (Å²) in [7, 11) is -5.17. The van der Waals surface area contributed by atoms with Crippen molar-refractivity contribution in [2.75, 3.05) is 0 Å². The SMILES string of the molecule is O=S(=O)([O-])[O-].[Bi+3].[Cu+2]. The van der Waals surface area contributed by atoms with E-state index in [0.29, 0.717) is 0 Å². The number of rotatable bonds is 0. The van der Waals surface area contributed by atoms with Crippen molar-refractivity contribution >= 4 is 36.6 Å². The molecule has 0 fully saturated rings. The van der Waals surface area contributed by atoms with Crippen LogP contribution in [0, 0.1) is 0 Å². The fourth-order valence-corrected chi connectivity index (χ4v) is 0. The van der Waals surface area contributed by atoms with Gasteiger partial charge in [0.2, 0.25) is 0 Å². The van der Waals surface area contributed by atoms with Crippen LogP contribution in [0.2, 0.25) is 0 Å². The summed E-state index contributed by atoms with van der Waals surface area (Å²) in [6.07, 6.45) is 0. The van der Waals surface area contributed by atoms with Crippen molar-refractivity contribution in [2.24, 2.45) is 0 Å². The predicted octanol–water partition coefficient (Wildman–Crippen LogP) is -1.72. The van der Waals surface area contributed by atoms with Gasteiger partial charge in [-0.15, -0.1) is 0 Å². The van der Waals surface area contributed by atoms with Crippen LogP contribution in [0.3, 0.4) is 0 Å². The van der Waals surface area contributed by atoms with Crippen LogP contribution in [0.25, 0.3) is 0 Å². The van der Waals surface area contributed by atoms with Gasteiger partial charge in [0.1, 0.15) is 0 Å². The van der Waals surface area contributed by atoms with Crippen LogP contribution >= 0.6 is 0 Å². The van der Waals surface area contributed by atoms with Crippen LogP contribution in [0.1, 0.15) is 0 Å². The molecule has 7 heavy (non-hydrogen) atoms. The summed E-state index contributed by atoms with van der Waals surface area (Å²) in [5.74, 6) is 0. The van der Waals surface area contributed by atoms with Gasteiger partial charge in [-0.3, -0.25) is 8.42 Å². The summed E-state index contributed by atoms with van der Waals surface area (Å²) in [6, 6.07) is 0. The van der Waals surface area contributed by atoms with E-state index < -0.39 is 10.4 Å². The third kappa shape index (κ3) is 125. The first-order valence-corrected chi connectivity index (χ1v) is 2.00. The first-order valence-electron chi connectivity index (χ1n) is 0.667. The normalized spacial score (nSPS) is 8.29. The molecule has 0 saturated carbocycles. The molecule has 0 bridgehead atoms. The predicted molar refractivity (Wildman–Crippen MR) is 16.2 cm³/mol. The van der Waals surface area contributed by atoms with Crippen LogP contribution in [0.4, 0.5) is 0 Å². The molecule has 0 rings (SSSR count). The van der Waals surface area contributed by atoms with E-state index in [4.69, 9.17) is 17.5 Å². The molecule has 0 N–H and O–H groups in total. The molecule has 0 aliphatic carbocycles. The standard InChI is InChI=1S/Bi.Cu.H2O4S/c;;1-5(2,3)4/h;;(H2,1,2,3,4)/q+3;+2;/p-2. The Morgan fingerprint density at radius 1 is 1.14 bits per heavy atom. The maximum absolute atomic E-state index is 8.52. The van der Waals surface area contributed by atoms with Crippen molar-refractivity contribution in [2.45, 2.75) is 0 Å². The Balaban J connectivity index is -0.0000000800. The Labute approximate surface area is 70.9 Å². The molecule has 0 aliphatic rings. The Bertz CT molecular complexity index is 94.9. The molecular weight excluding hydrogens is 369 g/mol. The first kappa shape index (κ1) is 15.7. The molecule has 0 aromatic heterocycles. The maximum atomic E-state index is 8.52. The second kappa shape index (κ2) is 5.41. The summed E-state index contributed by atoms with van der Waals surface area (Å²) in [5, 5.41) is 0. The molecule has 7 heteroatoms. The Kier molecular flexibility index (Phi) is 12.2. The van der Waals surface area contributed by atoms with E-state index in [-0.39, 0.29) is 43.3 Å². The minimum absolute atomic E-state index is 0. The van der Waals surface area contributed by atoms with Gasteiger partial charge >= 0.3 is 43.3 Å². The molecule has 0 heterocycles. The van der Waals surface area contributed by atoms with Gasteiger partial charge in [0.05, 0.1) is 0 Å². The van der Waals surface area contributed by atoms with E-state index >= 15 is 0 Å². The van der Waals surface area contributed by atoms with Gasteiger partial charge in [-0.2, -0.15) is 0 Å². The third-order valence-corrected chi connectivity index (χ3v) is 0. The van der Waals surface area contributed by atoms with E-state index in [2.05, 4.69) is 0 Å². The monoisotopic (exact) mass is 368 g/mol. The zero-order valence-corrected chi connectivity index (χ0v) is 8.03. The van der Waals surface area contributed by atoms with Crippen molar-refractivity contribution in [1.29, 1.82) is 0 Å². The van der Waals surface area contributed by atoms with Gasteiger partial charge in [-0.05, 0) is 0 Å². The van der Waals surface area contributed by atoms with E-state index in [1.54, 1.807) is 0 Å². The molecule has 0 unspecified atom stereocenters. The van der Waals surface area contributed by atoms with E-state index in [1.807, 2.05) is 0 Å². The minimum Gasteiger partial charge on any atom is -0.759 e. The number of hydrogen-bond acceptors (Lipinski definition) is 4. The molecule has 3 radical (unpaired) electrons. The first-order chi connectivity index (χ1) is 2.00. The minimum atomic E-state index is -5.17. The van der Waals surface area contributed by atoms with Gasteiger partial charge in [0.15, 0.2) is 0 Å². The van der Waals surface area contributed by atoms with Gasteiger partial charge in [-0.25, -0.2) is 0 Å². The van der Waals surface area contributed by atoms with Crippen molar-refractivity contribution in [3.63, 3.8) is 0 Å². The molecule has 0 saturated heterocycles. The molecular formula is BiCuO4S+3. The Hall–Kier alpha value is 1.27.